The highest BCUT2D eigenvalue weighted by molar-refractivity contribution is 5.86. The summed E-state index contributed by atoms with van der Waals surface area (Å²) in [6, 6.07) is 6.89. The Balaban J connectivity index is 1.25. The van der Waals surface area contributed by atoms with Crippen LogP contribution in [0.25, 0.3) is 22.3 Å². The molecule has 12 N–H and O–H groups in total. The monoisotopic (exact) mass is 756 g/mol. The first-order valence-corrected chi connectivity index (χ1v) is 16.4. The third-order valence-corrected chi connectivity index (χ3v) is 9.29. The number of aliphatic hydroxyl groups is 10. The summed E-state index contributed by atoms with van der Waals surface area (Å²) in [6.45, 7) is -0.0911. The van der Waals surface area contributed by atoms with Crippen LogP contribution >= 0.6 is 0 Å². The van der Waals surface area contributed by atoms with Crippen molar-refractivity contribution in [1.82, 2.24) is 0 Å². The van der Waals surface area contributed by atoms with Gasteiger partial charge in [-0.05, 0) is 25.1 Å². The first-order valence-electron chi connectivity index (χ1n) is 16.4. The molecule has 0 saturated carbocycles. The first-order chi connectivity index (χ1) is 25.1. The molecule has 0 unspecified atom stereocenters. The number of aliphatic hydroxyl groups excluding tert-OH is 10. The van der Waals surface area contributed by atoms with E-state index in [9.17, 15) is 66.1 Å². The zero-order valence-electron chi connectivity index (χ0n) is 27.7. The van der Waals surface area contributed by atoms with Crippen molar-refractivity contribution < 1.29 is 94.1 Å². The second kappa shape index (κ2) is 15.6. The van der Waals surface area contributed by atoms with Crippen LogP contribution in [-0.4, -0.2) is 167 Å². The normalized spacial score (nSPS) is 37.8. The van der Waals surface area contributed by atoms with E-state index in [1.807, 2.05) is 0 Å². The van der Waals surface area contributed by atoms with E-state index in [1.165, 1.54) is 25.1 Å². The highest BCUT2D eigenvalue weighted by Gasteiger charge is 2.51. The van der Waals surface area contributed by atoms with Crippen LogP contribution in [-0.2, 0) is 18.9 Å². The Bertz CT molecular complexity index is 1800. The number of fused-ring (bicyclic) bond motifs is 1. The highest BCUT2D eigenvalue weighted by atomic mass is 16.8. The predicted octanol–water partition coefficient (Wildman–Crippen LogP) is -3.92. The molecule has 0 bridgehead atoms. The predicted molar refractivity (Wildman–Crippen MR) is 171 cm³/mol. The number of benzene rings is 2. The number of hydrogen-bond acceptors (Lipinski definition) is 20. The number of phenols is 2. The van der Waals surface area contributed by atoms with Crippen molar-refractivity contribution in [3.63, 3.8) is 0 Å². The lowest BCUT2D eigenvalue weighted by atomic mass is 9.97. The molecule has 3 saturated heterocycles. The third-order valence-electron chi connectivity index (χ3n) is 9.29. The zero-order chi connectivity index (χ0) is 38.5. The largest absolute Gasteiger partial charge is 0.507 e. The van der Waals surface area contributed by atoms with Gasteiger partial charge in [0, 0.05) is 23.8 Å². The van der Waals surface area contributed by atoms with Gasteiger partial charge in [0.25, 0.3) is 0 Å². The fourth-order valence-corrected chi connectivity index (χ4v) is 6.22. The zero-order valence-corrected chi connectivity index (χ0v) is 27.7. The van der Waals surface area contributed by atoms with E-state index < -0.39 is 122 Å². The van der Waals surface area contributed by atoms with E-state index >= 15 is 0 Å². The third kappa shape index (κ3) is 7.52. The highest BCUT2D eigenvalue weighted by Crippen LogP contribution is 2.38. The van der Waals surface area contributed by atoms with E-state index in [0.29, 0.717) is 0 Å². The van der Waals surface area contributed by atoms with Crippen molar-refractivity contribution in [2.75, 3.05) is 13.2 Å². The maximum absolute atomic E-state index is 13.1. The van der Waals surface area contributed by atoms with Crippen molar-refractivity contribution in [1.29, 1.82) is 0 Å². The molecule has 3 aliphatic rings. The number of phenolic OH excluding ortho intramolecular Hbond substituents is 2. The van der Waals surface area contributed by atoms with Crippen molar-refractivity contribution in [2.45, 2.75) is 99.0 Å². The molecule has 0 aliphatic carbocycles. The fourth-order valence-electron chi connectivity index (χ4n) is 6.22. The standard InChI is InChI=1S/C33H40O20/c1-10-22(39)25(42)28(45)31(47-10)53-30-27(44)24(41)20(9-35)52-33(30)50-16-3-2-11(4-13(16)36)17-7-15(38)21-14(37)5-12(6-18(21)49-17)48-32-29(46)26(43)23(40)19(8-34)51-32/h2-7,10,19-20,22-37,39-46H,8-9H2,1H3/t10-,19+,20+,22-,23+,24+,25+,26-,27-,28+,29+,30+,31-,32+,33+/m0/s1. The molecule has 3 aromatic rings. The summed E-state index contributed by atoms with van der Waals surface area (Å²) < 4.78 is 39.2. The smallest absolute Gasteiger partial charge is 0.229 e. The van der Waals surface area contributed by atoms with Gasteiger partial charge in [-0.3, -0.25) is 4.79 Å². The van der Waals surface area contributed by atoms with E-state index in [0.717, 1.165) is 18.2 Å². The Hall–Kier alpha value is -3.71. The lowest BCUT2D eigenvalue weighted by Gasteiger charge is -2.45. The van der Waals surface area contributed by atoms with Gasteiger partial charge in [-0.1, -0.05) is 0 Å². The van der Waals surface area contributed by atoms with Crippen molar-refractivity contribution in [3.8, 4) is 34.3 Å². The van der Waals surface area contributed by atoms with E-state index in [4.69, 9.17) is 32.8 Å². The Labute approximate surface area is 298 Å². The molecule has 4 heterocycles. The van der Waals surface area contributed by atoms with Gasteiger partial charge in [-0.2, -0.15) is 0 Å². The summed E-state index contributed by atoms with van der Waals surface area (Å²) >= 11 is 0. The molecular weight excluding hydrogens is 716 g/mol. The minimum Gasteiger partial charge on any atom is -0.507 e. The molecule has 2 aromatic carbocycles. The summed E-state index contributed by atoms with van der Waals surface area (Å²) in [4.78, 5) is 13.1. The lowest BCUT2D eigenvalue weighted by Crippen LogP contribution is -2.64. The summed E-state index contributed by atoms with van der Waals surface area (Å²) in [6.07, 6.45) is -23.9. The number of rotatable bonds is 9. The minimum absolute atomic E-state index is 0.106. The number of aromatic hydroxyl groups is 2. The summed E-state index contributed by atoms with van der Waals surface area (Å²) in [5, 5.41) is 123. The van der Waals surface area contributed by atoms with Gasteiger partial charge in [0.15, 0.2) is 29.3 Å². The Morgan fingerprint density at radius 2 is 1.26 bits per heavy atom. The van der Waals surface area contributed by atoms with Crippen LogP contribution in [0.5, 0.6) is 23.0 Å². The van der Waals surface area contributed by atoms with Gasteiger partial charge in [0.1, 0.15) is 89.3 Å². The topological polar surface area (TPSA) is 328 Å². The number of hydrogen-bond donors (Lipinski definition) is 12. The fraction of sp³-hybridized carbons (Fsp3) is 0.545. The van der Waals surface area contributed by atoms with Crippen LogP contribution in [0.4, 0.5) is 0 Å². The SMILES string of the molecule is C[C@@H]1O[C@@H](O[C@H]2[C@H](Oc3ccc(-c4cc(=O)c5c(O)cc(O[C@@H]6O[C@H](CO)[C@@H](O)[C@H](O)[C@H]6O)cc5o4)cc3O)O[C@H](CO)[C@@H](O)[C@@H]2O)[C@H](O)[C@H](O)[C@H]1O. The molecule has 292 valence electrons. The molecule has 1 aromatic heterocycles. The molecule has 0 spiro atoms. The molecule has 0 radical (unpaired) electrons. The average molecular weight is 757 g/mol. The number of ether oxygens (including phenoxy) is 6. The van der Waals surface area contributed by atoms with Gasteiger partial charge >= 0.3 is 0 Å². The van der Waals surface area contributed by atoms with Crippen molar-refractivity contribution in [2.24, 2.45) is 0 Å². The van der Waals surface area contributed by atoms with Crippen molar-refractivity contribution >= 4 is 11.0 Å². The van der Waals surface area contributed by atoms with Crippen LogP contribution in [0.3, 0.4) is 0 Å². The quantitative estimate of drug-likeness (QED) is 0.0992. The minimum atomic E-state index is -1.82. The van der Waals surface area contributed by atoms with Crippen molar-refractivity contribution in [3.05, 3.63) is 46.6 Å². The molecule has 20 heteroatoms. The Kier molecular flexibility index (Phi) is 11.5. The van der Waals surface area contributed by atoms with E-state index in [1.54, 1.807) is 0 Å². The molecule has 53 heavy (non-hydrogen) atoms. The van der Waals surface area contributed by atoms with Gasteiger partial charge in [0.2, 0.25) is 12.6 Å². The summed E-state index contributed by atoms with van der Waals surface area (Å²) in [5.41, 5.74) is -0.825. The van der Waals surface area contributed by atoms with E-state index in [2.05, 4.69) is 0 Å². The Morgan fingerprint density at radius 3 is 1.92 bits per heavy atom. The maximum Gasteiger partial charge on any atom is 0.229 e. The molecule has 3 fully saturated rings. The molecule has 3 aliphatic heterocycles. The second-order valence-corrected chi connectivity index (χ2v) is 12.9. The molecule has 6 rings (SSSR count). The van der Waals surface area contributed by atoms with Crippen LogP contribution in [0, 0.1) is 0 Å². The lowest BCUT2D eigenvalue weighted by molar-refractivity contribution is -0.354. The van der Waals surface area contributed by atoms with Crippen LogP contribution in [0.15, 0.2) is 45.6 Å². The first kappa shape index (κ1) is 39.0. The van der Waals surface area contributed by atoms with Gasteiger partial charge in [-0.15, -0.1) is 0 Å². The summed E-state index contributed by atoms with van der Waals surface area (Å²) in [5.74, 6) is -1.77. The van der Waals surface area contributed by atoms with Gasteiger partial charge in [-0.25, -0.2) is 0 Å². The second-order valence-electron chi connectivity index (χ2n) is 12.9. The van der Waals surface area contributed by atoms with Crippen LogP contribution < -0.4 is 14.9 Å². The van der Waals surface area contributed by atoms with Crippen LogP contribution in [0.2, 0.25) is 0 Å². The maximum atomic E-state index is 13.1. The molecule has 15 atom stereocenters. The molecule has 0 amide bonds. The average Bonchev–Trinajstić information content (AvgIpc) is 3.12. The molecular formula is C33H40O20. The van der Waals surface area contributed by atoms with Gasteiger partial charge < -0.3 is 94.1 Å². The van der Waals surface area contributed by atoms with E-state index in [-0.39, 0.29) is 33.8 Å². The van der Waals surface area contributed by atoms with Crippen LogP contribution in [0.1, 0.15) is 6.92 Å². The molecule has 20 nitrogen and oxygen atoms in total. The Morgan fingerprint density at radius 1 is 0.642 bits per heavy atom. The summed E-state index contributed by atoms with van der Waals surface area (Å²) in [7, 11) is 0. The van der Waals surface area contributed by atoms with Gasteiger partial charge in [0.05, 0.1) is 19.3 Å².